The molecule has 11 heteroatoms. The maximum absolute atomic E-state index is 13.6. The molecule has 1 fully saturated rings. The number of morpholine rings is 1. The van der Waals surface area contributed by atoms with Crippen molar-refractivity contribution in [3.8, 4) is 0 Å². The highest BCUT2D eigenvalue weighted by Crippen LogP contribution is 2.30. The molecule has 1 aliphatic heterocycles. The zero-order chi connectivity index (χ0) is 25.7. The van der Waals surface area contributed by atoms with E-state index >= 15 is 0 Å². The van der Waals surface area contributed by atoms with Gasteiger partial charge in [-0.05, 0) is 38.5 Å². The smallest absolute Gasteiger partial charge is 0.256 e. The van der Waals surface area contributed by atoms with Gasteiger partial charge in [-0.25, -0.2) is 0 Å². The van der Waals surface area contributed by atoms with E-state index in [0.717, 1.165) is 4.88 Å². The fourth-order valence-corrected chi connectivity index (χ4v) is 5.34. The first-order valence-corrected chi connectivity index (χ1v) is 13.1. The molecule has 9 nitrogen and oxygen atoms in total. The van der Waals surface area contributed by atoms with Crippen LogP contribution < -0.4 is 10.9 Å². The van der Waals surface area contributed by atoms with Gasteiger partial charge in [0.05, 0.1) is 47.9 Å². The Balaban J connectivity index is 1.71. The first-order valence-electron chi connectivity index (χ1n) is 11.9. The summed E-state index contributed by atoms with van der Waals surface area (Å²) < 4.78 is 13.0. The van der Waals surface area contributed by atoms with Crippen LogP contribution in [-0.4, -0.2) is 65.6 Å². The summed E-state index contributed by atoms with van der Waals surface area (Å²) >= 11 is 7.58. The van der Waals surface area contributed by atoms with Crippen molar-refractivity contribution in [2.75, 3.05) is 45.3 Å². The van der Waals surface area contributed by atoms with E-state index in [0.29, 0.717) is 60.7 Å². The minimum absolute atomic E-state index is 0.125. The number of nitrogens with one attached hydrogen (secondary N) is 2. The summed E-state index contributed by atoms with van der Waals surface area (Å²) in [5.41, 5.74) is 0.470. The van der Waals surface area contributed by atoms with E-state index < -0.39 is 5.41 Å². The molecule has 0 aliphatic carbocycles. The second kappa shape index (κ2) is 11.7. The largest absolute Gasteiger partial charge is 0.384 e. The van der Waals surface area contributed by atoms with Crippen LogP contribution in [0, 0.1) is 5.41 Å². The topological polar surface area (TPSA) is 101 Å². The van der Waals surface area contributed by atoms with Gasteiger partial charge in [-0.3, -0.25) is 14.5 Å². The molecule has 1 saturated heterocycles. The molecule has 4 rings (SSSR count). The quantitative estimate of drug-likeness (QED) is 0.408. The Hall–Kier alpha value is -2.50. The summed E-state index contributed by atoms with van der Waals surface area (Å²) in [6.07, 6.45) is 2.09. The molecule has 2 N–H and O–H groups in total. The van der Waals surface area contributed by atoms with E-state index in [1.165, 1.54) is 16.0 Å². The number of methoxy groups -OCH3 is 1. The van der Waals surface area contributed by atoms with Gasteiger partial charge < -0.3 is 19.8 Å². The summed E-state index contributed by atoms with van der Waals surface area (Å²) in [5, 5.41) is 8.18. The third kappa shape index (κ3) is 6.24. The van der Waals surface area contributed by atoms with Gasteiger partial charge in [0.1, 0.15) is 5.82 Å². The Morgan fingerprint density at radius 2 is 2.11 bits per heavy atom. The molecule has 4 heterocycles. The molecule has 0 radical (unpaired) electrons. The third-order valence-electron chi connectivity index (χ3n) is 6.22. The van der Waals surface area contributed by atoms with Crippen molar-refractivity contribution in [3.63, 3.8) is 0 Å². The molecular formula is C25H32ClN5O4S. The average Bonchev–Trinajstić information content (AvgIpc) is 3.48. The summed E-state index contributed by atoms with van der Waals surface area (Å²) in [5.74, 6) is 0.407. The maximum atomic E-state index is 13.6. The highest BCUT2D eigenvalue weighted by atomic mass is 35.5. The lowest BCUT2D eigenvalue weighted by Crippen LogP contribution is -2.41. The molecule has 0 saturated carbocycles. The zero-order valence-electron chi connectivity index (χ0n) is 20.8. The van der Waals surface area contributed by atoms with Crippen LogP contribution >= 0.6 is 22.9 Å². The monoisotopic (exact) mass is 533 g/mol. The van der Waals surface area contributed by atoms with Gasteiger partial charge in [0.15, 0.2) is 0 Å². The number of nitrogens with zero attached hydrogens (tertiary/aromatic N) is 3. The number of carbonyl (C=O) groups excluding carboxylic acids is 1. The first kappa shape index (κ1) is 26.6. The van der Waals surface area contributed by atoms with Crippen LogP contribution in [0.4, 0.5) is 5.82 Å². The van der Waals surface area contributed by atoms with Crippen molar-refractivity contribution in [2.45, 2.75) is 32.9 Å². The van der Waals surface area contributed by atoms with Crippen LogP contribution in [0.3, 0.4) is 0 Å². The van der Waals surface area contributed by atoms with Crippen molar-refractivity contribution in [1.82, 2.24) is 19.7 Å². The molecule has 0 spiro atoms. The predicted molar refractivity (Wildman–Crippen MR) is 141 cm³/mol. The number of anilines is 1. The van der Waals surface area contributed by atoms with Crippen molar-refractivity contribution in [3.05, 3.63) is 67.4 Å². The SMILES string of the molecule is COCC(C)(C)C(=O)n1nc(C(Cc2ccc[nH]c2=O)N2CCOCC2)cc1NCc1ccc(Cl)s1. The molecule has 3 aromatic rings. The number of ether oxygens (including phenoxy) is 2. The number of pyridine rings is 1. The van der Waals surface area contributed by atoms with Crippen molar-refractivity contribution < 1.29 is 14.3 Å². The Morgan fingerprint density at radius 1 is 1.33 bits per heavy atom. The summed E-state index contributed by atoms with van der Waals surface area (Å²) in [6, 6.07) is 9.17. The van der Waals surface area contributed by atoms with Gasteiger partial charge in [-0.1, -0.05) is 17.7 Å². The fraction of sp³-hybridized carbons (Fsp3) is 0.480. The number of hydrogen-bond donors (Lipinski definition) is 2. The molecule has 1 aliphatic rings. The van der Waals surface area contributed by atoms with Gasteiger partial charge in [-0.15, -0.1) is 11.3 Å². The lowest BCUT2D eigenvalue weighted by molar-refractivity contribution is 0.0149. The zero-order valence-corrected chi connectivity index (χ0v) is 22.3. The molecule has 1 unspecified atom stereocenters. The highest BCUT2D eigenvalue weighted by Gasteiger charge is 2.34. The number of aromatic amines is 1. The number of H-pyrrole nitrogens is 1. The van der Waals surface area contributed by atoms with E-state index in [-0.39, 0.29) is 24.1 Å². The number of thiophene rings is 1. The van der Waals surface area contributed by atoms with E-state index in [2.05, 4.69) is 15.2 Å². The molecule has 0 bridgehead atoms. The van der Waals surface area contributed by atoms with Crippen molar-refractivity contribution in [1.29, 1.82) is 0 Å². The van der Waals surface area contributed by atoms with Crippen LogP contribution in [0.1, 0.15) is 40.8 Å². The fourth-order valence-electron chi connectivity index (χ4n) is 4.31. The standard InChI is InChI=1S/C25H32ClN5O4S/c1-25(2,16-34-3)24(33)31-22(28-15-18-6-7-21(26)36-18)14-19(29-31)20(30-9-11-35-12-10-30)13-17-5-4-8-27-23(17)32/h4-8,14,20,28H,9-13,15-16H2,1-3H3,(H,27,32). The Labute approximate surface area is 219 Å². The summed E-state index contributed by atoms with van der Waals surface area (Å²) in [6.45, 7) is 7.06. The van der Waals surface area contributed by atoms with Crippen LogP contribution in [0.5, 0.6) is 0 Å². The first-order chi connectivity index (χ1) is 17.3. The highest BCUT2D eigenvalue weighted by molar-refractivity contribution is 7.16. The Morgan fingerprint density at radius 3 is 2.78 bits per heavy atom. The molecule has 3 aromatic heterocycles. The molecule has 0 amide bonds. The second-order valence-electron chi connectivity index (χ2n) is 9.44. The van der Waals surface area contributed by atoms with E-state index in [9.17, 15) is 9.59 Å². The Kier molecular flexibility index (Phi) is 8.63. The van der Waals surface area contributed by atoms with Crippen LogP contribution in [-0.2, 0) is 22.4 Å². The van der Waals surface area contributed by atoms with Crippen molar-refractivity contribution >= 4 is 34.7 Å². The molecular weight excluding hydrogens is 502 g/mol. The van der Waals surface area contributed by atoms with E-state index in [4.69, 9.17) is 26.2 Å². The molecule has 36 heavy (non-hydrogen) atoms. The molecule has 0 aromatic carbocycles. The van der Waals surface area contributed by atoms with E-state index in [1.807, 2.05) is 44.2 Å². The summed E-state index contributed by atoms with van der Waals surface area (Å²) in [4.78, 5) is 32.1. The lowest BCUT2D eigenvalue weighted by Gasteiger charge is -2.33. The van der Waals surface area contributed by atoms with Gasteiger partial charge >= 0.3 is 0 Å². The van der Waals surface area contributed by atoms with Crippen LogP contribution in [0.25, 0.3) is 0 Å². The van der Waals surface area contributed by atoms with Gasteiger partial charge in [-0.2, -0.15) is 9.78 Å². The molecule has 194 valence electrons. The van der Waals surface area contributed by atoms with Crippen LogP contribution in [0.15, 0.2) is 41.3 Å². The Bertz CT molecular complexity index is 1230. The minimum Gasteiger partial charge on any atom is -0.384 e. The van der Waals surface area contributed by atoms with Gasteiger partial charge in [0.2, 0.25) is 0 Å². The number of halogens is 1. The van der Waals surface area contributed by atoms with Gasteiger partial charge in [0, 0.05) is 42.9 Å². The van der Waals surface area contributed by atoms with Crippen molar-refractivity contribution in [2.24, 2.45) is 5.41 Å². The number of rotatable bonds is 10. The minimum atomic E-state index is -0.786. The lowest BCUT2D eigenvalue weighted by atomic mass is 9.94. The third-order valence-corrected chi connectivity index (χ3v) is 7.45. The number of carbonyl (C=O) groups is 1. The van der Waals surface area contributed by atoms with Gasteiger partial charge in [0.25, 0.3) is 11.5 Å². The number of aromatic nitrogens is 3. The van der Waals surface area contributed by atoms with Crippen LogP contribution in [0.2, 0.25) is 4.34 Å². The second-order valence-corrected chi connectivity index (χ2v) is 11.2. The molecule has 1 atom stereocenters. The normalized spacial score (nSPS) is 15.7. The van der Waals surface area contributed by atoms with E-state index in [1.54, 1.807) is 13.3 Å². The summed E-state index contributed by atoms with van der Waals surface area (Å²) in [7, 11) is 1.58. The number of hydrogen-bond acceptors (Lipinski definition) is 8. The average molecular weight is 534 g/mol. The predicted octanol–water partition coefficient (Wildman–Crippen LogP) is 3.83. The maximum Gasteiger partial charge on any atom is 0.256 e.